The van der Waals surface area contributed by atoms with Gasteiger partial charge in [-0.3, -0.25) is 4.79 Å². The molecule has 0 saturated heterocycles. The third-order valence-electron chi connectivity index (χ3n) is 3.04. The van der Waals surface area contributed by atoms with Crippen molar-refractivity contribution in [3.63, 3.8) is 0 Å². The Kier molecular flexibility index (Phi) is 7.75. The molecule has 1 aromatic carbocycles. The van der Waals surface area contributed by atoms with Crippen LogP contribution in [-0.2, 0) is 4.79 Å². The molecular weight excluding hydrogens is 271 g/mol. The summed E-state index contributed by atoms with van der Waals surface area (Å²) < 4.78 is 18.4. The van der Waals surface area contributed by atoms with Crippen LogP contribution in [-0.4, -0.2) is 43.6 Å². The number of likely N-dealkylation sites (N-methyl/N-ethyl adjacent to an activating group) is 1. The molecule has 0 aliphatic carbocycles. The molecule has 0 saturated carbocycles. The van der Waals surface area contributed by atoms with Gasteiger partial charge < -0.3 is 15.0 Å². The Morgan fingerprint density at radius 2 is 2.19 bits per heavy atom. The Labute approximate surface area is 126 Å². The highest BCUT2D eigenvalue weighted by Crippen LogP contribution is 2.11. The maximum Gasteiger partial charge on any atom is 0.222 e. The van der Waals surface area contributed by atoms with Gasteiger partial charge in [0.05, 0.1) is 6.54 Å². The van der Waals surface area contributed by atoms with Gasteiger partial charge in [-0.2, -0.15) is 0 Å². The van der Waals surface area contributed by atoms with Crippen molar-refractivity contribution in [3.05, 3.63) is 30.1 Å². The van der Waals surface area contributed by atoms with Gasteiger partial charge in [0.1, 0.15) is 18.2 Å². The lowest BCUT2D eigenvalue weighted by Crippen LogP contribution is -2.31. The Hall–Kier alpha value is -1.62. The molecule has 0 unspecified atom stereocenters. The summed E-state index contributed by atoms with van der Waals surface area (Å²) in [6.07, 6.45) is 1.35. The van der Waals surface area contributed by atoms with Crippen molar-refractivity contribution in [2.24, 2.45) is 0 Å². The minimum absolute atomic E-state index is 0.100. The molecule has 0 fully saturated rings. The highest BCUT2D eigenvalue weighted by atomic mass is 19.1. The third-order valence-corrected chi connectivity index (χ3v) is 3.04. The number of carbonyl (C=O) groups excluding carboxylic acids is 1. The van der Waals surface area contributed by atoms with E-state index in [1.165, 1.54) is 12.1 Å². The van der Waals surface area contributed by atoms with Crippen molar-refractivity contribution in [1.82, 2.24) is 10.2 Å². The zero-order valence-electron chi connectivity index (χ0n) is 13.1. The second-order valence-electron chi connectivity index (χ2n) is 5.33. The molecule has 5 heteroatoms. The Balaban J connectivity index is 2.17. The molecule has 0 bridgehead atoms. The first-order chi connectivity index (χ1) is 9.99. The monoisotopic (exact) mass is 296 g/mol. The van der Waals surface area contributed by atoms with Crippen LogP contribution in [0.5, 0.6) is 5.75 Å². The van der Waals surface area contributed by atoms with Gasteiger partial charge in [-0.05, 0) is 25.1 Å². The molecule has 1 rings (SSSR count). The number of hydrogen-bond acceptors (Lipinski definition) is 3. The van der Waals surface area contributed by atoms with Crippen molar-refractivity contribution in [2.75, 3.05) is 26.7 Å². The molecule has 0 heterocycles. The van der Waals surface area contributed by atoms with Gasteiger partial charge in [-0.25, -0.2) is 4.39 Å². The zero-order chi connectivity index (χ0) is 15.7. The van der Waals surface area contributed by atoms with Gasteiger partial charge in [-0.15, -0.1) is 0 Å². The minimum atomic E-state index is -0.324. The highest BCUT2D eigenvalue weighted by Gasteiger charge is 2.08. The molecule has 0 aromatic heterocycles. The number of rotatable bonds is 9. The van der Waals surface area contributed by atoms with E-state index in [0.717, 1.165) is 13.0 Å². The molecule has 1 N–H and O–H groups in total. The SMILES string of the molecule is CC(C)NCCCC(=O)N(C)CCOc1cccc(F)c1. The van der Waals surface area contributed by atoms with Crippen molar-refractivity contribution < 1.29 is 13.9 Å². The van der Waals surface area contributed by atoms with Crippen LogP contribution >= 0.6 is 0 Å². The van der Waals surface area contributed by atoms with E-state index in [4.69, 9.17) is 4.74 Å². The lowest BCUT2D eigenvalue weighted by molar-refractivity contribution is -0.130. The van der Waals surface area contributed by atoms with E-state index in [1.807, 2.05) is 0 Å². The Bertz CT molecular complexity index is 438. The molecule has 0 spiro atoms. The minimum Gasteiger partial charge on any atom is -0.492 e. The lowest BCUT2D eigenvalue weighted by Gasteiger charge is -2.18. The second kappa shape index (κ2) is 9.34. The fraction of sp³-hybridized carbons (Fsp3) is 0.562. The third kappa shape index (κ3) is 7.66. The van der Waals surface area contributed by atoms with Crippen molar-refractivity contribution in [3.8, 4) is 5.75 Å². The molecule has 118 valence electrons. The summed E-state index contributed by atoms with van der Waals surface area (Å²) in [7, 11) is 1.76. The van der Waals surface area contributed by atoms with Gasteiger partial charge in [-0.1, -0.05) is 19.9 Å². The maximum absolute atomic E-state index is 13.0. The number of amides is 1. The average Bonchev–Trinajstić information content (AvgIpc) is 2.43. The molecule has 21 heavy (non-hydrogen) atoms. The molecule has 0 aliphatic heterocycles. The van der Waals surface area contributed by atoms with Crippen LogP contribution in [0.25, 0.3) is 0 Å². The van der Waals surface area contributed by atoms with Crippen molar-refractivity contribution >= 4 is 5.91 Å². The molecule has 0 aliphatic rings. The highest BCUT2D eigenvalue weighted by molar-refractivity contribution is 5.75. The van der Waals surface area contributed by atoms with Gasteiger partial charge >= 0.3 is 0 Å². The standard InChI is InChI=1S/C16H25FN2O2/c1-13(2)18-9-5-8-16(20)19(3)10-11-21-15-7-4-6-14(17)12-15/h4,6-7,12-13,18H,5,8-11H2,1-3H3. The van der Waals surface area contributed by atoms with Gasteiger partial charge in [0.25, 0.3) is 0 Å². The van der Waals surface area contributed by atoms with E-state index in [9.17, 15) is 9.18 Å². The van der Waals surface area contributed by atoms with Crippen LogP contribution < -0.4 is 10.1 Å². The Morgan fingerprint density at radius 1 is 1.43 bits per heavy atom. The number of carbonyl (C=O) groups is 1. The summed E-state index contributed by atoms with van der Waals surface area (Å²) in [6.45, 7) is 5.86. The van der Waals surface area contributed by atoms with Crippen molar-refractivity contribution in [1.29, 1.82) is 0 Å². The van der Waals surface area contributed by atoms with E-state index in [1.54, 1.807) is 24.1 Å². The van der Waals surface area contributed by atoms with E-state index in [2.05, 4.69) is 19.2 Å². The predicted molar refractivity (Wildman–Crippen MR) is 81.9 cm³/mol. The van der Waals surface area contributed by atoms with E-state index in [-0.39, 0.29) is 11.7 Å². The number of halogens is 1. The molecule has 0 radical (unpaired) electrons. The number of benzene rings is 1. The van der Waals surface area contributed by atoms with Gasteiger partial charge in [0.15, 0.2) is 0 Å². The van der Waals surface area contributed by atoms with Crippen LogP contribution in [0, 0.1) is 5.82 Å². The van der Waals surface area contributed by atoms with Crippen LogP contribution in [0.3, 0.4) is 0 Å². The summed E-state index contributed by atoms with van der Waals surface area (Å²) >= 11 is 0. The van der Waals surface area contributed by atoms with Crippen LogP contribution in [0.1, 0.15) is 26.7 Å². The van der Waals surface area contributed by atoms with E-state index in [0.29, 0.717) is 31.4 Å². The first-order valence-corrected chi connectivity index (χ1v) is 7.34. The number of nitrogens with zero attached hydrogens (tertiary/aromatic N) is 1. The number of ether oxygens (including phenoxy) is 1. The first kappa shape index (κ1) is 17.4. The van der Waals surface area contributed by atoms with Crippen LogP contribution in [0.2, 0.25) is 0 Å². The van der Waals surface area contributed by atoms with Crippen molar-refractivity contribution in [2.45, 2.75) is 32.7 Å². The quantitative estimate of drug-likeness (QED) is 0.712. The Morgan fingerprint density at radius 3 is 2.86 bits per heavy atom. The largest absolute Gasteiger partial charge is 0.492 e. The van der Waals surface area contributed by atoms with Gasteiger partial charge in [0, 0.05) is 25.6 Å². The number of hydrogen-bond donors (Lipinski definition) is 1. The van der Waals surface area contributed by atoms with E-state index >= 15 is 0 Å². The second-order valence-corrected chi connectivity index (χ2v) is 5.33. The summed E-state index contributed by atoms with van der Waals surface area (Å²) in [4.78, 5) is 13.5. The zero-order valence-corrected chi connectivity index (χ0v) is 13.1. The smallest absolute Gasteiger partial charge is 0.222 e. The number of nitrogens with one attached hydrogen (secondary N) is 1. The summed E-state index contributed by atoms with van der Waals surface area (Å²) in [5.74, 6) is 0.259. The topological polar surface area (TPSA) is 41.6 Å². The summed E-state index contributed by atoms with van der Waals surface area (Å²) in [5.41, 5.74) is 0. The first-order valence-electron chi connectivity index (χ1n) is 7.34. The fourth-order valence-corrected chi connectivity index (χ4v) is 1.80. The molecule has 0 atom stereocenters. The normalized spacial score (nSPS) is 10.7. The molecule has 1 aromatic rings. The van der Waals surface area contributed by atoms with Crippen LogP contribution in [0.15, 0.2) is 24.3 Å². The maximum atomic E-state index is 13.0. The van der Waals surface area contributed by atoms with Gasteiger partial charge in [0.2, 0.25) is 5.91 Å². The molecular formula is C16H25FN2O2. The predicted octanol–water partition coefficient (Wildman–Crippen LogP) is 2.44. The van der Waals surface area contributed by atoms with Crippen LogP contribution in [0.4, 0.5) is 4.39 Å². The lowest BCUT2D eigenvalue weighted by atomic mass is 10.2. The summed E-state index contributed by atoms with van der Waals surface area (Å²) in [6, 6.07) is 6.44. The van der Waals surface area contributed by atoms with E-state index < -0.39 is 0 Å². The summed E-state index contributed by atoms with van der Waals surface area (Å²) in [5, 5.41) is 3.28. The molecule has 4 nitrogen and oxygen atoms in total. The molecule has 1 amide bonds. The fourth-order valence-electron chi connectivity index (χ4n) is 1.80. The average molecular weight is 296 g/mol.